The molecule has 204 valence electrons. The van der Waals surface area contributed by atoms with Crippen LogP contribution in [0.4, 0.5) is 9.52 Å². The van der Waals surface area contributed by atoms with Crippen molar-refractivity contribution in [2.24, 2.45) is 5.16 Å². The van der Waals surface area contributed by atoms with Crippen LogP contribution in [0.2, 0.25) is 0 Å². The van der Waals surface area contributed by atoms with E-state index < -0.39 is 47.7 Å². The third-order valence-corrected chi connectivity index (χ3v) is 7.36. The number of carboxylic acid groups (broad SMARTS) is 2. The van der Waals surface area contributed by atoms with E-state index in [2.05, 4.69) is 24.7 Å². The van der Waals surface area contributed by atoms with Crippen LogP contribution in [-0.2, 0) is 37.0 Å². The van der Waals surface area contributed by atoms with Crippen molar-refractivity contribution in [3.8, 4) is 0 Å². The summed E-state index contributed by atoms with van der Waals surface area (Å²) in [5.41, 5.74) is 5.90. The minimum Gasteiger partial charge on any atom is -0.481 e. The molecule has 1 saturated heterocycles. The number of aromatic nitrogens is 3. The van der Waals surface area contributed by atoms with Gasteiger partial charge in [-0.2, -0.15) is 9.36 Å². The maximum atomic E-state index is 12.9. The Kier molecular flexibility index (Phi) is 8.50. The number of carbonyl (C=O) groups is 4. The molecule has 2 amide bonds. The summed E-state index contributed by atoms with van der Waals surface area (Å²) < 4.78 is 18.1. The topological polar surface area (TPSA) is 201 Å². The Morgan fingerprint density at radius 1 is 1.33 bits per heavy atom. The Labute approximate surface area is 227 Å². The Morgan fingerprint density at radius 2 is 2.08 bits per heavy atom. The van der Waals surface area contributed by atoms with Gasteiger partial charge in [-0.05, 0) is 17.2 Å². The molecule has 0 radical (unpaired) electrons. The van der Waals surface area contributed by atoms with Gasteiger partial charge >= 0.3 is 11.9 Å². The number of rotatable bonds is 11. The van der Waals surface area contributed by atoms with Gasteiger partial charge < -0.3 is 26.1 Å². The maximum absolute atomic E-state index is 12.9. The fraction of sp³-hybridized carbons (Fsp3) is 0.273. The average molecular weight is 579 g/mol. The number of oxime groups is 1. The minimum atomic E-state index is -1.32. The summed E-state index contributed by atoms with van der Waals surface area (Å²) in [6, 6.07) is 2.28. The number of hydrogen-bond acceptors (Lipinski definition) is 11. The number of hydrogen-bond donors (Lipinski definition) is 4. The van der Waals surface area contributed by atoms with Gasteiger partial charge in [-0.25, -0.2) is 13.8 Å². The van der Waals surface area contributed by atoms with Gasteiger partial charge in [-0.1, -0.05) is 11.2 Å². The lowest BCUT2D eigenvalue weighted by molar-refractivity contribution is -0.687. The van der Waals surface area contributed by atoms with Crippen LogP contribution < -0.4 is 15.6 Å². The molecule has 0 aliphatic carbocycles. The number of halogens is 1. The Morgan fingerprint density at radius 3 is 2.69 bits per heavy atom. The normalized spacial score (nSPS) is 19.1. The lowest BCUT2D eigenvalue weighted by atomic mass is 10.0. The van der Waals surface area contributed by atoms with Crippen molar-refractivity contribution in [2.75, 3.05) is 18.3 Å². The van der Waals surface area contributed by atoms with Gasteiger partial charge in [-0.15, -0.1) is 11.8 Å². The van der Waals surface area contributed by atoms with Crippen LogP contribution >= 0.6 is 23.3 Å². The van der Waals surface area contributed by atoms with Gasteiger partial charge in [0.15, 0.2) is 24.1 Å². The molecule has 1 fully saturated rings. The number of carboxylic acids is 2. The van der Waals surface area contributed by atoms with E-state index in [1.807, 2.05) is 0 Å². The quantitative estimate of drug-likeness (QED) is 0.118. The second-order valence-corrected chi connectivity index (χ2v) is 9.94. The molecule has 14 nitrogen and oxygen atoms in total. The molecule has 0 aromatic carbocycles. The zero-order chi connectivity index (χ0) is 28.1. The van der Waals surface area contributed by atoms with Crippen LogP contribution in [0.5, 0.6) is 0 Å². The number of thioether (sulfide) groups is 1. The summed E-state index contributed by atoms with van der Waals surface area (Å²) in [7, 11) is 0. The third kappa shape index (κ3) is 6.20. The van der Waals surface area contributed by atoms with Crippen molar-refractivity contribution in [1.82, 2.24) is 19.6 Å². The molecule has 2 atom stereocenters. The Balaban J connectivity index is 1.45. The fourth-order valence-electron chi connectivity index (χ4n) is 3.80. The van der Waals surface area contributed by atoms with Crippen LogP contribution in [0.25, 0.3) is 0 Å². The number of nitrogens with two attached hydrogens (primary N) is 1. The molecule has 0 bridgehead atoms. The molecule has 2 aromatic rings. The molecule has 2 aliphatic heterocycles. The van der Waals surface area contributed by atoms with E-state index in [1.54, 1.807) is 41.2 Å². The van der Waals surface area contributed by atoms with E-state index in [9.17, 15) is 28.7 Å². The first kappa shape index (κ1) is 27.6. The van der Waals surface area contributed by atoms with Crippen LogP contribution in [0.3, 0.4) is 0 Å². The second-order valence-electron chi connectivity index (χ2n) is 8.05. The van der Waals surface area contributed by atoms with Crippen molar-refractivity contribution in [1.29, 1.82) is 0 Å². The average Bonchev–Trinajstić information content (AvgIpc) is 3.33. The molecule has 2 aliphatic rings. The number of carbonyl (C=O) groups excluding carboxylic acids is 2. The minimum absolute atomic E-state index is 0.0323. The highest BCUT2D eigenvalue weighted by Crippen LogP contribution is 2.40. The number of alkyl halides is 1. The zero-order valence-corrected chi connectivity index (χ0v) is 21.5. The number of anilines is 1. The van der Waals surface area contributed by atoms with Gasteiger partial charge in [0.2, 0.25) is 11.5 Å². The second kappa shape index (κ2) is 12.0. The summed E-state index contributed by atoms with van der Waals surface area (Å²) in [5, 5.41) is 23.9. The summed E-state index contributed by atoms with van der Waals surface area (Å²) in [4.78, 5) is 57.8. The van der Waals surface area contributed by atoms with Crippen molar-refractivity contribution in [3.05, 3.63) is 59.3 Å². The Hall–Kier alpha value is -4.38. The molecule has 5 N–H and O–H groups in total. The van der Waals surface area contributed by atoms with Gasteiger partial charge in [-0.3, -0.25) is 19.3 Å². The molecule has 39 heavy (non-hydrogen) atoms. The lowest BCUT2D eigenvalue weighted by Gasteiger charge is -2.49. The van der Waals surface area contributed by atoms with Gasteiger partial charge in [0.25, 0.3) is 18.7 Å². The van der Waals surface area contributed by atoms with Crippen LogP contribution in [-0.4, -0.2) is 78.0 Å². The number of nitrogens with one attached hydrogen (secondary N) is 1. The van der Waals surface area contributed by atoms with Crippen molar-refractivity contribution >= 4 is 57.9 Å². The molecule has 17 heteroatoms. The number of pyridine rings is 1. The number of nitrogens with zero attached hydrogens (tertiary/aromatic N) is 5. The molecule has 0 unspecified atom stereocenters. The number of fused-ring (bicyclic) bond motifs is 1. The van der Waals surface area contributed by atoms with Crippen molar-refractivity contribution in [3.63, 3.8) is 0 Å². The van der Waals surface area contributed by atoms with Crippen molar-refractivity contribution < 1.29 is 43.2 Å². The van der Waals surface area contributed by atoms with E-state index in [0.29, 0.717) is 17.7 Å². The van der Waals surface area contributed by atoms with Gasteiger partial charge in [0, 0.05) is 29.4 Å². The van der Waals surface area contributed by atoms with Gasteiger partial charge in [0.1, 0.15) is 17.1 Å². The largest absolute Gasteiger partial charge is 0.481 e. The summed E-state index contributed by atoms with van der Waals surface area (Å²) >= 11 is 2.03. The number of amides is 2. The number of nitrogen functional groups attached to an aromatic ring is 1. The smallest absolute Gasteiger partial charge is 0.352 e. The summed E-state index contributed by atoms with van der Waals surface area (Å²) in [5.74, 6) is -3.77. The van der Waals surface area contributed by atoms with E-state index in [0.717, 1.165) is 16.4 Å². The summed E-state index contributed by atoms with van der Waals surface area (Å²) in [6.07, 6.45) is 6.66. The highest BCUT2D eigenvalue weighted by molar-refractivity contribution is 8.00. The first-order valence-corrected chi connectivity index (χ1v) is 13.0. The number of aliphatic carboxylic acids is 2. The summed E-state index contributed by atoms with van der Waals surface area (Å²) in [6.45, 7) is -0.939. The Bertz CT molecular complexity index is 1390. The molecule has 0 saturated carbocycles. The highest BCUT2D eigenvalue weighted by Gasteiger charge is 2.54. The van der Waals surface area contributed by atoms with Crippen LogP contribution in [0.1, 0.15) is 11.4 Å². The van der Waals surface area contributed by atoms with E-state index >= 15 is 0 Å². The SMILES string of the molecule is Nc1nc(/C(=N/OCF)C(=O)N[C@@H]2C(=O)N3C(C(=O)O)=C(/C=C/C[n+]4ccc(CC(=O)O)cc4)CS[C@H]23)ns1. The molecule has 0 spiro atoms. The van der Waals surface area contributed by atoms with E-state index in [-0.39, 0.29) is 28.8 Å². The number of allylic oxidation sites excluding steroid dienone is 2. The molecule has 2 aromatic heterocycles. The van der Waals surface area contributed by atoms with Crippen LogP contribution in [0.15, 0.2) is 53.1 Å². The van der Waals surface area contributed by atoms with E-state index in [4.69, 9.17) is 10.8 Å². The zero-order valence-electron chi connectivity index (χ0n) is 19.9. The standard InChI is InChI=1S/C22H20FN7O7S2/c23-10-37-27-14(17-26-22(24)39-28-17)18(33)25-15-19(34)30-16(21(35)36)12(9-38-20(15)30)2-1-5-29-6-3-11(4-7-29)8-13(31)32/h1-4,6-7,15,20H,5,8-10H2,(H4-,24,25,26,28,31,32,33,35,36)/p+1/b2-1+,27-14-/t15-,20-/m1/s1. The van der Waals surface area contributed by atoms with Crippen molar-refractivity contribution in [2.45, 2.75) is 24.4 Å². The first-order chi connectivity index (χ1) is 18.7. The lowest BCUT2D eigenvalue weighted by Crippen LogP contribution is -2.71. The highest BCUT2D eigenvalue weighted by atomic mass is 32.2. The molecular formula is C22H21FN7O7S2+. The maximum Gasteiger partial charge on any atom is 0.352 e. The molecular weight excluding hydrogens is 557 g/mol. The molecule has 4 heterocycles. The van der Waals surface area contributed by atoms with E-state index in [1.165, 1.54) is 11.8 Å². The molecule has 4 rings (SSSR count). The number of β-lactam (4-membered cyclic amide) rings is 1. The predicted octanol–water partition coefficient (Wildman–Crippen LogP) is -0.322. The van der Waals surface area contributed by atoms with Gasteiger partial charge in [0.05, 0.1) is 6.42 Å². The van der Waals surface area contributed by atoms with Crippen LogP contribution in [0, 0.1) is 0 Å². The monoisotopic (exact) mass is 578 g/mol. The fourth-order valence-corrected chi connectivity index (χ4v) is 5.56. The third-order valence-electron chi connectivity index (χ3n) is 5.51. The first-order valence-electron chi connectivity index (χ1n) is 11.1. The predicted molar refractivity (Wildman–Crippen MR) is 135 cm³/mol.